The van der Waals surface area contributed by atoms with E-state index in [0.717, 1.165) is 6.42 Å². The quantitative estimate of drug-likeness (QED) is 0.553. The first-order valence-corrected chi connectivity index (χ1v) is 8.57. The fourth-order valence-corrected chi connectivity index (χ4v) is 4.18. The van der Waals surface area contributed by atoms with Crippen LogP contribution in [0, 0.1) is 6.92 Å². The van der Waals surface area contributed by atoms with Crippen molar-refractivity contribution in [3.8, 4) is 0 Å². The third-order valence-electron chi connectivity index (χ3n) is 5.19. The van der Waals surface area contributed by atoms with Gasteiger partial charge in [0.2, 0.25) is 0 Å². The number of benzene rings is 2. The lowest BCUT2D eigenvalue weighted by atomic mass is 9.91. The molecule has 5 rings (SSSR count). The third kappa shape index (κ3) is 1.88. The van der Waals surface area contributed by atoms with Crippen LogP contribution in [0.2, 0.25) is 0 Å². The third-order valence-corrected chi connectivity index (χ3v) is 5.19. The van der Waals surface area contributed by atoms with Crippen LogP contribution < -0.4 is 0 Å². The molecule has 24 heavy (non-hydrogen) atoms. The maximum absolute atomic E-state index is 2.44. The van der Waals surface area contributed by atoms with E-state index < -0.39 is 0 Å². The van der Waals surface area contributed by atoms with Gasteiger partial charge in [-0.25, -0.2) is 0 Å². The molecule has 2 aromatic carbocycles. The first-order chi connectivity index (χ1) is 11.8. The summed E-state index contributed by atoms with van der Waals surface area (Å²) in [6, 6.07) is 19.8. The molecule has 1 unspecified atom stereocenters. The van der Waals surface area contributed by atoms with E-state index in [-0.39, 0.29) is 0 Å². The van der Waals surface area contributed by atoms with E-state index in [9.17, 15) is 0 Å². The highest BCUT2D eigenvalue weighted by Crippen LogP contribution is 2.46. The van der Waals surface area contributed by atoms with Gasteiger partial charge in [0.1, 0.15) is 0 Å². The standard InChI is InChI=1S/C23H19N/c1-16-14-19-11-5-7-13-21(19)24(16)22-15-18-10-4-6-12-20(18)23(22)17-8-2-3-9-17/h2,4-15,23H,3H2,1H3. The summed E-state index contributed by atoms with van der Waals surface area (Å²) in [5, 5.41) is 1.31. The average molecular weight is 309 g/mol. The molecule has 1 heterocycles. The van der Waals surface area contributed by atoms with Crippen LogP contribution >= 0.6 is 0 Å². The zero-order chi connectivity index (χ0) is 16.1. The maximum atomic E-state index is 2.44. The summed E-state index contributed by atoms with van der Waals surface area (Å²) in [6.07, 6.45) is 10.3. The Morgan fingerprint density at radius 1 is 1.00 bits per heavy atom. The van der Waals surface area contributed by atoms with Crippen molar-refractivity contribution in [1.82, 2.24) is 4.57 Å². The fourth-order valence-electron chi connectivity index (χ4n) is 4.18. The summed E-state index contributed by atoms with van der Waals surface area (Å²) >= 11 is 0. The number of aromatic nitrogens is 1. The Bertz CT molecular complexity index is 1040. The monoisotopic (exact) mass is 309 g/mol. The normalized spacial score (nSPS) is 18.8. The summed E-state index contributed by atoms with van der Waals surface area (Å²) in [7, 11) is 0. The highest BCUT2D eigenvalue weighted by molar-refractivity contribution is 5.93. The molecule has 0 amide bonds. The lowest BCUT2D eigenvalue weighted by molar-refractivity contribution is 0.951. The number of para-hydroxylation sites is 1. The topological polar surface area (TPSA) is 4.93 Å². The predicted molar refractivity (Wildman–Crippen MR) is 102 cm³/mol. The molecule has 2 aliphatic carbocycles. The number of hydrogen-bond donors (Lipinski definition) is 0. The van der Waals surface area contributed by atoms with Gasteiger partial charge in [0.05, 0.1) is 5.52 Å². The molecule has 0 N–H and O–H groups in total. The Labute approximate surface area is 142 Å². The van der Waals surface area contributed by atoms with E-state index in [0.29, 0.717) is 5.92 Å². The van der Waals surface area contributed by atoms with Crippen LogP contribution in [0.4, 0.5) is 0 Å². The molecule has 2 aliphatic rings. The van der Waals surface area contributed by atoms with Gasteiger partial charge in [-0.15, -0.1) is 0 Å². The van der Waals surface area contributed by atoms with Crippen LogP contribution in [-0.2, 0) is 0 Å². The number of fused-ring (bicyclic) bond motifs is 2. The number of aryl methyl sites for hydroxylation is 1. The summed E-state index contributed by atoms with van der Waals surface area (Å²) < 4.78 is 2.44. The minimum absolute atomic E-state index is 0.328. The van der Waals surface area contributed by atoms with Gasteiger partial charge in [0.15, 0.2) is 0 Å². The largest absolute Gasteiger partial charge is 0.317 e. The van der Waals surface area contributed by atoms with Crippen LogP contribution in [0.25, 0.3) is 22.7 Å². The van der Waals surface area contributed by atoms with Crippen molar-refractivity contribution in [2.75, 3.05) is 0 Å². The molecule has 1 atom stereocenters. The Morgan fingerprint density at radius 2 is 1.83 bits per heavy atom. The Morgan fingerprint density at radius 3 is 2.71 bits per heavy atom. The summed E-state index contributed by atoms with van der Waals surface area (Å²) in [4.78, 5) is 0. The van der Waals surface area contributed by atoms with E-state index in [1.54, 1.807) is 0 Å². The molecule has 0 saturated heterocycles. The van der Waals surface area contributed by atoms with Crippen molar-refractivity contribution in [2.45, 2.75) is 19.3 Å². The molecule has 3 aromatic rings. The molecule has 116 valence electrons. The minimum Gasteiger partial charge on any atom is -0.317 e. The van der Waals surface area contributed by atoms with Gasteiger partial charge in [-0.1, -0.05) is 60.7 Å². The summed E-state index contributed by atoms with van der Waals surface area (Å²) in [5.41, 5.74) is 8.14. The van der Waals surface area contributed by atoms with Crippen molar-refractivity contribution in [3.63, 3.8) is 0 Å². The molecular weight excluding hydrogens is 290 g/mol. The second-order valence-corrected chi connectivity index (χ2v) is 6.65. The van der Waals surface area contributed by atoms with Gasteiger partial charge in [0.25, 0.3) is 0 Å². The number of hydrogen-bond acceptors (Lipinski definition) is 0. The minimum atomic E-state index is 0.328. The number of allylic oxidation sites excluding steroid dienone is 5. The Balaban J connectivity index is 1.77. The summed E-state index contributed by atoms with van der Waals surface area (Å²) in [5.74, 6) is 0.328. The van der Waals surface area contributed by atoms with Crippen molar-refractivity contribution < 1.29 is 0 Å². The van der Waals surface area contributed by atoms with Crippen LogP contribution in [-0.4, -0.2) is 4.57 Å². The fraction of sp³-hybridized carbons (Fsp3) is 0.130. The smallest absolute Gasteiger partial charge is 0.0528 e. The van der Waals surface area contributed by atoms with Gasteiger partial charge >= 0.3 is 0 Å². The molecule has 1 heteroatoms. The predicted octanol–water partition coefficient (Wildman–Crippen LogP) is 5.93. The second kappa shape index (κ2) is 5.10. The van der Waals surface area contributed by atoms with E-state index >= 15 is 0 Å². The first kappa shape index (κ1) is 13.6. The zero-order valence-corrected chi connectivity index (χ0v) is 13.7. The van der Waals surface area contributed by atoms with Crippen LogP contribution in [0.3, 0.4) is 0 Å². The van der Waals surface area contributed by atoms with Crippen molar-refractivity contribution in [1.29, 1.82) is 0 Å². The number of rotatable bonds is 2. The van der Waals surface area contributed by atoms with Crippen LogP contribution in [0.15, 0.2) is 78.4 Å². The number of nitrogens with zero attached hydrogens (tertiary/aromatic N) is 1. The molecular formula is C23H19N. The SMILES string of the molecule is Cc1cc2ccccc2n1C1=Cc2ccccc2C1C1=CCC=C1. The lowest BCUT2D eigenvalue weighted by Crippen LogP contribution is -2.07. The van der Waals surface area contributed by atoms with Gasteiger partial charge in [-0.2, -0.15) is 0 Å². The van der Waals surface area contributed by atoms with E-state index in [1.807, 2.05) is 0 Å². The molecule has 0 aliphatic heterocycles. The van der Waals surface area contributed by atoms with Crippen molar-refractivity contribution in [2.24, 2.45) is 0 Å². The molecule has 0 spiro atoms. The highest BCUT2D eigenvalue weighted by atomic mass is 15.0. The molecule has 1 nitrogen and oxygen atoms in total. The van der Waals surface area contributed by atoms with E-state index in [1.165, 1.54) is 39.0 Å². The Hall–Kier alpha value is -2.80. The van der Waals surface area contributed by atoms with Gasteiger partial charge in [-0.3, -0.25) is 0 Å². The molecule has 0 radical (unpaired) electrons. The molecule has 0 fully saturated rings. The Kier molecular flexibility index (Phi) is 2.90. The van der Waals surface area contributed by atoms with Crippen molar-refractivity contribution in [3.05, 3.63) is 95.2 Å². The van der Waals surface area contributed by atoms with Crippen LogP contribution in [0.5, 0.6) is 0 Å². The first-order valence-electron chi connectivity index (χ1n) is 8.57. The van der Waals surface area contributed by atoms with Gasteiger partial charge < -0.3 is 4.57 Å². The molecule has 0 bridgehead atoms. The summed E-state index contributed by atoms with van der Waals surface area (Å²) in [6.45, 7) is 2.21. The second-order valence-electron chi connectivity index (χ2n) is 6.65. The van der Waals surface area contributed by atoms with Crippen LogP contribution in [0.1, 0.15) is 29.2 Å². The molecule has 1 aromatic heterocycles. The van der Waals surface area contributed by atoms with E-state index in [4.69, 9.17) is 0 Å². The molecule has 0 saturated carbocycles. The highest BCUT2D eigenvalue weighted by Gasteiger charge is 2.30. The maximum Gasteiger partial charge on any atom is 0.0528 e. The van der Waals surface area contributed by atoms with Crippen molar-refractivity contribution >= 4 is 22.7 Å². The van der Waals surface area contributed by atoms with Gasteiger partial charge in [0, 0.05) is 22.7 Å². The van der Waals surface area contributed by atoms with E-state index in [2.05, 4.69) is 90.4 Å². The zero-order valence-electron chi connectivity index (χ0n) is 13.7. The average Bonchev–Trinajstić information content (AvgIpc) is 3.29. The van der Waals surface area contributed by atoms with Gasteiger partial charge in [-0.05, 0) is 48.3 Å². The lowest BCUT2D eigenvalue weighted by Gasteiger charge is -2.20.